The van der Waals surface area contributed by atoms with Crippen molar-refractivity contribution in [3.8, 4) is 0 Å². The zero-order valence-electron chi connectivity index (χ0n) is 13.0. The molecule has 6 nitrogen and oxygen atoms in total. The molecule has 0 bridgehead atoms. The number of hydrogen-bond acceptors (Lipinski definition) is 7. The third kappa shape index (κ3) is 2.98. The van der Waals surface area contributed by atoms with Gasteiger partial charge in [0.25, 0.3) is 0 Å². The molecule has 0 aromatic heterocycles. The minimum absolute atomic E-state index is 0.159. The second-order valence-corrected chi connectivity index (χ2v) is 6.89. The molecule has 126 valence electrons. The summed E-state index contributed by atoms with van der Waals surface area (Å²) in [5, 5.41) is 10.6. The van der Waals surface area contributed by atoms with Gasteiger partial charge in [-0.1, -0.05) is 6.92 Å². The number of carbonyl (C=O) groups is 2. The minimum atomic E-state index is -0.802. The largest absolute Gasteiger partial charge is 0.468 e. The summed E-state index contributed by atoms with van der Waals surface area (Å²) < 4.78 is 9.55. The van der Waals surface area contributed by atoms with Crippen molar-refractivity contribution in [3.63, 3.8) is 0 Å². The predicted octanol–water partition coefficient (Wildman–Crippen LogP) is 0.516. The van der Waals surface area contributed by atoms with Crippen LogP contribution < -0.4 is 5.73 Å². The lowest BCUT2D eigenvalue weighted by atomic mass is 9.67. The standard InChI is InChI=1S/C11H16O3.C4H9NO2S/c1-6-4-7-2-3-9-11(7,13)8(5-6)10(12)14-9;1-7-4(6)3(5)2-8/h6-9,13H,2-5H2,1H3;3,8H,2,5H2,1H3/t6?,7?,8?,9-,11+;/m1./s1. The molecule has 22 heavy (non-hydrogen) atoms. The van der Waals surface area contributed by atoms with Crippen LogP contribution >= 0.6 is 12.6 Å². The first-order chi connectivity index (χ1) is 10.3. The molecule has 3 fully saturated rings. The summed E-state index contributed by atoms with van der Waals surface area (Å²) in [5.74, 6) is 0.368. The van der Waals surface area contributed by atoms with Gasteiger partial charge in [-0.3, -0.25) is 9.59 Å². The Hall–Kier alpha value is -0.790. The summed E-state index contributed by atoms with van der Waals surface area (Å²) >= 11 is 3.78. The summed E-state index contributed by atoms with van der Waals surface area (Å²) in [6.45, 7) is 2.17. The fraction of sp³-hybridized carbons (Fsp3) is 0.867. The highest BCUT2D eigenvalue weighted by Gasteiger charge is 2.65. The van der Waals surface area contributed by atoms with Crippen LogP contribution in [0.5, 0.6) is 0 Å². The van der Waals surface area contributed by atoms with Gasteiger partial charge in [0.1, 0.15) is 17.7 Å². The van der Waals surface area contributed by atoms with E-state index in [-0.39, 0.29) is 18.0 Å². The van der Waals surface area contributed by atoms with Crippen LogP contribution in [0.4, 0.5) is 0 Å². The number of rotatable bonds is 2. The van der Waals surface area contributed by atoms with Crippen molar-refractivity contribution in [1.29, 1.82) is 0 Å². The number of nitrogens with two attached hydrogens (primary N) is 1. The van der Waals surface area contributed by atoms with Gasteiger partial charge in [0, 0.05) is 5.75 Å². The molecule has 3 N–H and O–H groups in total. The van der Waals surface area contributed by atoms with Gasteiger partial charge in [-0.2, -0.15) is 12.6 Å². The molecule has 3 rings (SSSR count). The number of methoxy groups -OCH3 is 1. The predicted molar refractivity (Wildman–Crippen MR) is 83.3 cm³/mol. The Morgan fingerprint density at radius 3 is 2.77 bits per heavy atom. The van der Waals surface area contributed by atoms with Crippen molar-refractivity contribution >= 4 is 24.6 Å². The zero-order valence-corrected chi connectivity index (χ0v) is 13.9. The number of carbonyl (C=O) groups excluding carboxylic acids is 2. The van der Waals surface area contributed by atoms with Gasteiger partial charge in [0.2, 0.25) is 0 Å². The summed E-state index contributed by atoms with van der Waals surface area (Å²) in [4.78, 5) is 21.9. The second kappa shape index (κ2) is 6.76. The molecule has 1 saturated heterocycles. The molecule has 0 radical (unpaired) electrons. The SMILES string of the molecule is CC1CC2CC[C@H]3OC(=O)C(C1)[C@@]23O.COC(=O)C(N)CS. The minimum Gasteiger partial charge on any atom is -0.468 e. The van der Waals surface area contributed by atoms with Crippen LogP contribution in [0.1, 0.15) is 32.6 Å². The first kappa shape index (κ1) is 17.6. The maximum absolute atomic E-state index is 11.6. The van der Waals surface area contributed by atoms with Crippen molar-refractivity contribution in [2.45, 2.75) is 50.4 Å². The molecule has 6 atom stereocenters. The van der Waals surface area contributed by atoms with Gasteiger partial charge in [-0.25, -0.2) is 0 Å². The molecular formula is C15H25NO5S. The molecule has 0 spiro atoms. The molecule has 2 aliphatic carbocycles. The van der Waals surface area contributed by atoms with Crippen molar-refractivity contribution < 1.29 is 24.2 Å². The Balaban J connectivity index is 0.000000192. The zero-order chi connectivity index (χ0) is 16.5. The van der Waals surface area contributed by atoms with Gasteiger partial charge >= 0.3 is 11.9 Å². The van der Waals surface area contributed by atoms with E-state index in [0.29, 0.717) is 17.6 Å². The van der Waals surface area contributed by atoms with Crippen molar-refractivity contribution in [3.05, 3.63) is 0 Å². The average Bonchev–Trinajstić information content (AvgIpc) is 2.95. The van der Waals surface area contributed by atoms with E-state index in [0.717, 1.165) is 25.7 Å². The first-order valence-electron chi connectivity index (χ1n) is 7.71. The highest BCUT2D eigenvalue weighted by Crippen LogP contribution is 2.55. The fourth-order valence-electron chi connectivity index (χ4n) is 3.95. The maximum Gasteiger partial charge on any atom is 0.323 e. The summed E-state index contributed by atoms with van der Waals surface area (Å²) in [5.41, 5.74) is 4.37. The summed E-state index contributed by atoms with van der Waals surface area (Å²) in [7, 11) is 1.30. The molecule has 3 aliphatic rings. The highest BCUT2D eigenvalue weighted by atomic mass is 32.1. The Labute approximate surface area is 136 Å². The van der Waals surface area contributed by atoms with Gasteiger partial charge in [0.15, 0.2) is 0 Å². The number of aliphatic hydroxyl groups is 1. The Bertz CT molecular complexity index is 446. The summed E-state index contributed by atoms with van der Waals surface area (Å²) in [6.07, 6.45) is 3.55. The number of esters is 2. The van der Waals surface area contributed by atoms with Crippen molar-refractivity contribution in [2.75, 3.05) is 12.9 Å². The van der Waals surface area contributed by atoms with E-state index in [2.05, 4.69) is 24.3 Å². The first-order valence-corrected chi connectivity index (χ1v) is 8.34. The Morgan fingerprint density at radius 1 is 1.55 bits per heavy atom. The van der Waals surface area contributed by atoms with Crippen LogP contribution in [-0.2, 0) is 19.1 Å². The van der Waals surface area contributed by atoms with Crippen LogP contribution in [0.15, 0.2) is 0 Å². The van der Waals surface area contributed by atoms with Gasteiger partial charge in [-0.15, -0.1) is 0 Å². The molecule has 7 heteroatoms. The lowest BCUT2D eigenvalue weighted by Gasteiger charge is -2.39. The van der Waals surface area contributed by atoms with Crippen molar-refractivity contribution in [1.82, 2.24) is 0 Å². The smallest absolute Gasteiger partial charge is 0.323 e. The fourth-order valence-corrected chi connectivity index (χ4v) is 4.10. The van der Waals surface area contributed by atoms with Gasteiger partial charge in [0.05, 0.1) is 13.0 Å². The molecule has 4 unspecified atom stereocenters. The van der Waals surface area contributed by atoms with Crippen molar-refractivity contribution in [2.24, 2.45) is 23.5 Å². The highest BCUT2D eigenvalue weighted by molar-refractivity contribution is 7.80. The number of ether oxygens (including phenoxy) is 2. The van der Waals surface area contributed by atoms with E-state index in [1.54, 1.807) is 0 Å². The number of thiol groups is 1. The van der Waals surface area contributed by atoms with E-state index in [4.69, 9.17) is 10.5 Å². The van der Waals surface area contributed by atoms with E-state index in [1.807, 2.05) is 0 Å². The summed E-state index contributed by atoms with van der Waals surface area (Å²) in [6, 6.07) is -0.580. The quantitative estimate of drug-likeness (QED) is 0.504. The van der Waals surface area contributed by atoms with Gasteiger partial charge in [-0.05, 0) is 37.5 Å². The molecule has 1 aliphatic heterocycles. The van der Waals surface area contributed by atoms with Crippen LogP contribution in [0.3, 0.4) is 0 Å². The lowest BCUT2D eigenvalue weighted by molar-refractivity contribution is -0.145. The second-order valence-electron chi connectivity index (χ2n) is 6.53. The Kier molecular flexibility index (Phi) is 5.40. The molecule has 0 aromatic carbocycles. The molecule has 2 saturated carbocycles. The third-order valence-electron chi connectivity index (χ3n) is 5.07. The average molecular weight is 331 g/mol. The molecule has 1 heterocycles. The van der Waals surface area contributed by atoms with Gasteiger partial charge < -0.3 is 20.3 Å². The number of hydrogen-bond donors (Lipinski definition) is 3. The van der Waals surface area contributed by atoms with E-state index < -0.39 is 17.6 Å². The van der Waals surface area contributed by atoms with Crippen LogP contribution in [0.2, 0.25) is 0 Å². The van der Waals surface area contributed by atoms with E-state index in [1.165, 1.54) is 7.11 Å². The topological polar surface area (TPSA) is 98.9 Å². The molecule has 0 aromatic rings. The monoisotopic (exact) mass is 331 g/mol. The van der Waals surface area contributed by atoms with Crippen LogP contribution in [-0.4, -0.2) is 47.7 Å². The van der Waals surface area contributed by atoms with E-state index >= 15 is 0 Å². The van der Waals surface area contributed by atoms with Crippen LogP contribution in [0.25, 0.3) is 0 Å². The maximum atomic E-state index is 11.6. The third-order valence-corrected chi connectivity index (χ3v) is 5.47. The van der Waals surface area contributed by atoms with Crippen LogP contribution in [0, 0.1) is 17.8 Å². The lowest BCUT2D eigenvalue weighted by Crippen LogP contribution is -2.49. The normalized spacial score (nSPS) is 40.1. The van der Waals surface area contributed by atoms with E-state index in [9.17, 15) is 14.7 Å². The Morgan fingerprint density at radius 2 is 2.23 bits per heavy atom. The molecular weight excluding hydrogens is 306 g/mol. The molecule has 0 amide bonds.